The Morgan fingerprint density at radius 1 is 0.720 bits per heavy atom. The van der Waals surface area contributed by atoms with Gasteiger partial charge in [-0.2, -0.15) is 0 Å². The second-order valence-electron chi connectivity index (χ2n) is 9.34. The summed E-state index contributed by atoms with van der Waals surface area (Å²) in [6.07, 6.45) is 16.0. The number of halogens is 1. The number of benzene rings is 1. The van der Waals surface area contributed by atoms with E-state index in [1.807, 2.05) is 12.1 Å². The predicted molar refractivity (Wildman–Crippen MR) is 103 cm³/mol. The molecule has 3 aliphatic carbocycles. The standard InChI is InChI=1S/C24H35F/c1-2-17-3-5-18(6-4-17)20-7-9-23-16-21(8-10-22(23)15-20)19-11-13-24(25)14-12-19/h11-14,17-18,20-23H,2-10,15-16H2,1H3. The van der Waals surface area contributed by atoms with Crippen LogP contribution in [0.15, 0.2) is 24.3 Å². The quantitative estimate of drug-likeness (QED) is 0.539. The van der Waals surface area contributed by atoms with Crippen LogP contribution in [0.3, 0.4) is 0 Å². The van der Waals surface area contributed by atoms with Crippen molar-refractivity contribution in [1.82, 2.24) is 0 Å². The maximum Gasteiger partial charge on any atom is 0.123 e. The molecule has 138 valence electrons. The Morgan fingerprint density at radius 3 is 1.96 bits per heavy atom. The molecular weight excluding hydrogens is 307 g/mol. The van der Waals surface area contributed by atoms with Crippen molar-refractivity contribution in [2.45, 2.75) is 83.5 Å². The van der Waals surface area contributed by atoms with Gasteiger partial charge in [-0.3, -0.25) is 0 Å². The number of rotatable bonds is 3. The molecule has 0 amide bonds. The minimum absolute atomic E-state index is 0.101. The summed E-state index contributed by atoms with van der Waals surface area (Å²) >= 11 is 0. The second-order valence-corrected chi connectivity index (χ2v) is 9.34. The molecule has 0 heterocycles. The van der Waals surface area contributed by atoms with Crippen LogP contribution in [0.5, 0.6) is 0 Å². The van der Waals surface area contributed by atoms with Gasteiger partial charge in [0.1, 0.15) is 5.82 Å². The first-order chi connectivity index (χ1) is 12.2. The molecule has 0 aliphatic heterocycles. The maximum atomic E-state index is 13.2. The third kappa shape index (κ3) is 3.96. The molecule has 0 spiro atoms. The summed E-state index contributed by atoms with van der Waals surface area (Å²) in [7, 11) is 0. The van der Waals surface area contributed by atoms with Gasteiger partial charge in [-0.25, -0.2) is 4.39 Å². The normalized spacial score (nSPS) is 39.0. The second kappa shape index (κ2) is 7.80. The highest BCUT2D eigenvalue weighted by Crippen LogP contribution is 2.50. The van der Waals surface area contributed by atoms with E-state index in [0.717, 1.165) is 29.6 Å². The first kappa shape index (κ1) is 17.6. The van der Waals surface area contributed by atoms with E-state index in [4.69, 9.17) is 0 Å². The van der Waals surface area contributed by atoms with Gasteiger partial charge >= 0.3 is 0 Å². The van der Waals surface area contributed by atoms with Gasteiger partial charge in [-0.15, -0.1) is 0 Å². The lowest BCUT2D eigenvalue weighted by Gasteiger charge is -2.45. The Bertz CT molecular complexity index is 540. The lowest BCUT2D eigenvalue weighted by molar-refractivity contribution is 0.0716. The van der Waals surface area contributed by atoms with E-state index in [-0.39, 0.29) is 5.82 Å². The smallest absolute Gasteiger partial charge is 0.123 e. The molecule has 3 fully saturated rings. The van der Waals surface area contributed by atoms with E-state index in [9.17, 15) is 4.39 Å². The Balaban J connectivity index is 1.32. The van der Waals surface area contributed by atoms with Crippen LogP contribution < -0.4 is 0 Å². The third-order valence-electron chi connectivity index (χ3n) is 8.13. The van der Waals surface area contributed by atoms with Gasteiger partial charge < -0.3 is 0 Å². The monoisotopic (exact) mass is 342 g/mol. The van der Waals surface area contributed by atoms with Crippen molar-refractivity contribution >= 4 is 0 Å². The first-order valence-corrected chi connectivity index (χ1v) is 11.0. The van der Waals surface area contributed by atoms with Gasteiger partial charge in [0.05, 0.1) is 0 Å². The molecule has 4 rings (SSSR count). The molecule has 4 unspecified atom stereocenters. The molecule has 3 aliphatic rings. The average molecular weight is 343 g/mol. The van der Waals surface area contributed by atoms with E-state index in [0.29, 0.717) is 5.92 Å². The first-order valence-electron chi connectivity index (χ1n) is 11.0. The maximum absolute atomic E-state index is 13.2. The van der Waals surface area contributed by atoms with Crippen LogP contribution in [-0.4, -0.2) is 0 Å². The summed E-state index contributed by atoms with van der Waals surface area (Å²) in [4.78, 5) is 0. The Hall–Kier alpha value is -0.850. The number of hydrogen-bond acceptors (Lipinski definition) is 0. The molecule has 1 heteroatoms. The number of fused-ring (bicyclic) bond motifs is 1. The fourth-order valence-electron chi connectivity index (χ4n) is 6.46. The molecule has 0 N–H and O–H groups in total. The highest BCUT2D eigenvalue weighted by atomic mass is 19.1. The fourth-order valence-corrected chi connectivity index (χ4v) is 6.46. The van der Waals surface area contributed by atoms with Crippen molar-refractivity contribution in [3.63, 3.8) is 0 Å². The lowest BCUT2D eigenvalue weighted by atomic mass is 9.60. The highest BCUT2D eigenvalue weighted by Gasteiger charge is 2.38. The molecule has 3 saturated carbocycles. The summed E-state index contributed by atoms with van der Waals surface area (Å²) in [5.74, 6) is 5.60. The SMILES string of the molecule is CCC1CCC(C2CCC3CC(c4ccc(F)cc4)CCC3C2)CC1. The fraction of sp³-hybridized carbons (Fsp3) is 0.750. The minimum atomic E-state index is -0.101. The van der Waals surface area contributed by atoms with Gasteiger partial charge in [0, 0.05) is 0 Å². The van der Waals surface area contributed by atoms with E-state index < -0.39 is 0 Å². The van der Waals surface area contributed by atoms with Crippen molar-refractivity contribution in [3.05, 3.63) is 35.6 Å². The molecular formula is C24H35F. The summed E-state index contributed by atoms with van der Waals surface area (Å²) in [5, 5.41) is 0. The van der Waals surface area contributed by atoms with Crippen LogP contribution >= 0.6 is 0 Å². The van der Waals surface area contributed by atoms with Crippen molar-refractivity contribution in [2.75, 3.05) is 0 Å². The third-order valence-corrected chi connectivity index (χ3v) is 8.13. The zero-order chi connectivity index (χ0) is 17.2. The largest absolute Gasteiger partial charge is 0.207 e. The van der Waals surface area contributed by atoms with Gasteiger partial charge in [0.15, 0.2) is 0 Å². The Kier molecular flexibility index (Phi) is 5.48. The molecule has 0 bridgehead atoms. The van der Waals surface area contributed by atoms with E-state index in [1.54, 1.807) is 12.1 Å². The molecule has 0 saturated heterocycles. The van der Waals surface area contributed by atoms with Crippen molar-refractivity contribution in [1.29, 1.82) is 0 Å². The van der Waals surface area contributed by atoms with Crippen molar-refractivity contribution < 1.29 is 4.39 Å². The van der Waals surface area contributed by atoms with E-state index in [1.165, 1.54) is 76.2 Å². The van der Waals surface area contributed by atoms with E-state index >= 15 is 0 Å². The van der Waals surface area contributed by atoms with Crippen LogP contribution in [0.4, 0.5) is 4.39 Å². The van der Waals surface area contributed by atoms with Gasteiger partial charge in [0.25, 0.3) is 0 Å². The zero-order valence-corrected chi connectivity index (χ0v) is 15.9. The molecule has 1 aromatic carbocycles. The van der Waals surface area contributed by atoms with Crippen LogP contribution in [-0.2, 0) is 0 Å². The molecule has 0 nitrogen and oxygen atoms in total. The topological polar surface area (TPSA) is 0 Å². The Morgan fingerprint density at radius 2 is 1.28 bits per heavy atom. The molecule has 25 heavy (non-hydrogen) atoms. The average Bonchev–Trinajstić information content (AvgIpc) is 2.68. The lowest BCUT2D eigenvalue weighted by Crippen LogP contribution is -2.34. The van der Waals surface area contributed by atoms with E-state index in [2.05, 4.69) is 6.92 Å². The zero-order valence-electron chi connectivity index (χ0n) is 15.9. The Labute approximate surface area is 153 Å². The van der Waals surface area contributed by atoms with Gasteiger partial charge in [0.2, 0.25) is 0 Å². The van der Waals surface area contributed by atoms with Gasteiger partial charge in [-0.1, -0.05) is 38.3 Å². The van der Waals surface area contributed by atoms with Crippen LogP contribution in [0.2, 0.25) is 0 Å². The summed E-state index contributed by atoms with van der Waals surface area (Å²) < 4.78 is 13.2. The number of hydrogen-bond donors (Lipinski definition) is 0. The van der Waals surface area contributed by atoms with Crippen molar-refractivity contribution in [2.24, 2.45) is 29.6 Å². The van der Waals surface area contributed by atoms with Crippen LogP contribution in [0.25, 0.3) is 0 Å². The predicted octanol–water partition coefficient (Wildman–Crippen LogP) is 7.34. The summed E-state index contributed by atoms with van der Waals surface area (Å²) in [5.41, 5.74) is 1.37. The molecule has 0 aromatic heterocycles. The van der Waals surface area contributed by atoms with Gasteiger partial charge in [-0.05, 0) is 105 Å². The summed E-state index contributed by atoms with van der Waals surface area (Å²) in [6, 6.07) is 7.34. The van der Waals surface area contributed by atoms with Crippen LogP contribution in [0, 0.1) is 35.4 Å². The van der Waals surface area contributed by atoms with Crippen LogP contribution in [0.1, 0.15) is 89.0 Å². The van der Waals surface area contributed by atoms with Crippen molar-refractivity contribution in [3.8, 4) is 0 Å². The summed E-state index contributed by atoms with van der Waals surface area (Å²) in [6.45, 7) is 2.37. The highest BCUT2D eigenvalue weighted by molar-refractivity contribution is 5.21. The minimum Gasteiger partial charge on any atom is -0.207 e. The molecule has 1 aromatic rings. The molecule has 4 atom stereocenters. The molecule has 0 radical (unpaired) electrons.